The van der Waals surface area contributed by atoms with E-state index in [1.807, 2.05) is 0 Å². The highest BCUT2D eigenvalue weighted by Crippen LogP contribution is 2.26. The van der Waals surface area contributed by atoms with E-state index in [0.29, 0.717) is 12.5 Å². The van der Waals surface area contributed by atoms with Gasteiger partial charge in [0.25, 0.3) is 0 Å². The predicted octanol–water partition coefficient (Wildman–Crippen LogP) is 3.20. The molecule has 1 fully saturated rings. The van der Waals surface area contributed by atoms with Crippen LogP contribution in [0.1, 0.15) is 31.2 Å². The van der Waals surface area contributed by atoms with Gasteiger partial charge >= 0.3 is 0 Å². The molecule has 0 aromatic heterocycles. The van der Waals surface area contributed by atoms with Crippen LogP contribution in [0.3, 0.4) is 0 Å². The summed E-state index contributed by atoms with van der Waals surface area (Å²) in [5.41, 5.74) is 5.49. The molecule has 0 unspecified atom stereocenters. The Hall–Kier alpha value is -1.23. The largest absolute Gasteiger partial charge is 0.389 e. The molecule has 3 N–H and O–H groups in total. The second-order valence-electron chi connectivity index (χ2n) is 4.71. The fraction of sp³-hybridized carbons (Fsp3) is 0.462. The molecule has 1 aromatic carbocycles. The molecule has 0 heterocycles. The van der Waals surface area contributed by atoms with Crippen LogP contribution in [0.15, 0.2) is 12.1 Å². The molecule has 0 atom stereocenters. The van der Waals surface area contributed by atoms with Crippen LogP contribution >= 0.6 is 12.2 Å². The maximum atomic E-state index is 13.7. The van der Waals surface area contributed by atoms with E-state index in [9.17, 15) is 8.78 Å². The lowest BCUT2D eigenvalue weighted by Gasteiger charge is -2.14. The number of anilines is 1. The van der Waals surface area contributed by atoms with Crippen LogP contribution in [0, 0.1) is 17.6 Å². The smallest absolute Gasteiger partial charge is 0.150 e. The van der Waals surface area contributed by atoms with E-state index in [0.717, 1.165) is 12.8 Å². The van der Waals surface area contributed by atoms with Crippen LogP contribution in [-0.4, -0.2) is 11.5 Å². The van der Waals surface area contributed by atoms with Crippen molar-refractivity contribution in [1.82, 2.24) is 0 Å². The van der Waals surface area contributed by atoms with Gasteiger partial charge in [-0.3, -0.25) is 0 Å². The number of nitrogens with one attached hydrogen (secondary N) is 1. The summed E-state index contributed by atoms with van der Waals surface area (Å²) in [5, 5.41) is 2.86. The standard InChI is InChI=1S/C13H16F2N2S/c14-10-5-9(13(16)18)6-11(15)12(10)17-7-8-3-1-2-4-8/h5-6,8,17H,1-4,7H2,(H2,16,18). The van der Waals surface area contributed by atoms with Gasteiger partial charge in [0.2, 0.25) is 0 Å². The Balaban J connectivity index is 2.10. The van der Waals surface area contributed by atoms with Gasteiger partial charge in [-0.25, -0.2) is 8.78 Å². The molecule has 0 amide bonds. The third-order valence-electron chi connectivity index (χ3n) is 3.37. The number of thiocarbonyl (C=S) groups is 1. The number of hydrogen-bond acceptors (Lipinski definition) is 2. The Kier molecular flexibility index (Phi) is 4.11. The predicted molar refractivity (Wildman–Crippen MR) is 72.7 cm³/mol. The van der Waals surface area contributed by atoms with E-state index in [-0.39, 0.29) is 16.2 Å². The Morgan fingerprint density at radius 3 is 2.33 bits per heavy atom. The SMILES string of the molecule is NC(=S)c1cc(F)c(NCC2CCCC2)c(F)c1. The molecule has 2 nitrogen and oxygen atoms in total. The van der Waals surface area contributed by atoms with Gasteiger partial charge in [0.05, 0.1) is 0 Å². The molecule has 0 bridgehead atoms. The highest BCUT2D eigenvalue weighted by molar-refractivity contribution is 7.80. The van der Waals surface area contributed by atoms with Crippen molar-refractivity contribution in [1.29, 1.82) is 0 Å². The van der Waals surface area contributed by atoms with Gasteiger partial charge in [-0.2, -0.15) is 0 Å². The maximum absolute atomic E-state index is 13.7. The van der Waals surface area contributed by atoms with Crippen molar-refractivity contribution in [3.8, 4) is 0 Å². The van der Waals surface area contributed by atoms with Gasteiger partial charge in [0.15, 0.2) is 0 Å². The summed E-state index contributed by atoms with van der Waals surface area (Å²) in [6.45, 7) is 0.611. The minimum absolute atomic E-state index is 0.00450. The van der Waals surface area contributed by atoms with Gasteiger partial charge in [0, 0.05) is 12.1 Å². The highest BCUT2D eigenvalue weighted by Gasteiger charge is 2.17. The Morgan fingerprint density at radius 2 is 1.83 bits per heavy atom. The third kappa shape index (κ3) is 2.96. The Bertz CT molecular complexity index is 433. The summed E-state index contributed by atoms with van der Waals surface area (Å²) < 4.78 is 27.5. The van der Waals surface area contributed by atoms with Gasteiger partial charge < -0.3 is 11.1 Å². The molecular weight excluding hydrogens is 254 g/mol. The lowest BCUT2D eigenvalue weighted by molar-refractivity contribution is 0.559. The number of benzene rings is 1. The highest BCUT2D eigenvalue weighted by atomic mass is 32.1. The average molecular weight is 270 g/mol. The van der Waals surface area contributed by atoms with E-state index >= 15 is 0 Å². The molecule has 5 heteroatoms. The molecule has 0 aliphatic heterocycles. The molecule has 0 saturated heterocycles. The van der Waals surface area contributed by atoms with Crippen LogP contribution in [-0.2, 0) is 0 Å². The van der Waals surface area contributed by atoms with E-state index in [1.165, 1.54) is 25.0 Å². The third-order valence-corrected chi connectivity index (χ3v) is 3.60. The van der Waals surface area contributed by atoms with Crippen LogP contribution in [0.4, 0.5) is 14.5 Å². The number of hydrogen-bond donors (Lipinski definition) is 2. The van der Waals surface area contributed by atoms with Crippen molar-refractivity contribution in [2.75, 3.05) is 11.9 Å². The molecule has 1 aliphatic carbocycles. The zero-order chi connectivity index (χ0) is 13.1. The van der Waals surface area contributed by atoms with Crippen molar-refractivity contribution in [3.05, 3.63) is 29.3 Å². The summed E-state index contributed by atoms with van der Waals surface area (Å²) in [6, 6.07) is 2.34. The summed E-state index contributed by atoms with van der Waals surface area (Å²) in [6.07, 6.45) is 4.66. The second-order valence-corrected chi connectivity index (χ2v) is 5.15. The lowest BCUT2D eigenvalue weighted by atomic mass is 10.1. The number of rotatable bonds is 4. The summed E-state index contributed by atoms with van der Waals surface area (Å²) in [4.78, 5) is -0.00450. The summed E-state index contributed by atoms with van der Waals surface area (Å²) in [7, 11) is 0. The molecular formula is C13H16F2N2S. The molecule has 18 heavy (non-hydrogen) atoms. The Labute approximate surface area is 111 Å². The fourth-order valence-corrected chi connectivity index (χ4v) is 2.46. The average Bonchev–Trinajstić information content (AvgIpc) is 2.80. The van der Waals surface area contributed by atoms with Gasteiger partial charge in [-0.1, -0.05) is 25.1 Å². The van der Waals surface area contributed by atoms with E-state index in [1.54, 1.807) is 0 Å². The topological polar surface area (TPSA) is 38.0 Å². The van der Waals surface area contributed by atoms with Crippen molar-refractivity contribution >= 4 is 22.9 Å². The quantitative estimate of drug-likeness (QED) is 0.825. The molecule has 0 spiro atoms. The summed E-state index contributed by atoms with van der Waals surface area (Å²) >= 11 is 4.70. The number of halogens is 2. The van der Waals surface area contributed by atoms with Gasteiger partial charge in [-0.05, 0) is 30.9 Å². The van der Waals surface area contributed by atoms with Crippen LogP contribution in [0.2, 0.25) is 0 Å². The van der Waals surface area contributed by atoms with E-state index < -0.39 is 11.6 Å². The van der Waals surface area contributed by atoms with Crippen LogP contribution in [0.5, 0.6) is 0 Å². The first-order chi connectivity index (χ1) is 8.58. The van der Waals surface area contributed by atoms with Gasteiger partial charge in [-0.15, -0.1) is 0 Å². The van der Waals surface area contributed by atoms with Crippen molar-refractivity contribution in [2.24, 2.45) is 11.7 Å². The molecule has 0 radical (unpaired) electrons. The lowest BCUT2D eigenvalue weighted by Crippen LogP contribution is -2.15. The normalized spacial score (nSPS) is 15.9. The van der Waals surface area contributed by atoms with E-state index in [4.69, 9.17) is 18.0 Å². The minimum Gasteiger partial charge on any atom is -0.389 e. The zero-order valence-electron chi connectivity index (χ0n) is 10.0. The second kappa shape index (κ2) is 5.61. The maximum Gasteiger partial charge on any atom is 0.150 e. The fourth-order valence-electron chi connectivity index (χ4n) is 2.35. The minimum atomic E-state index is -0.643. The van der Waals surface area contributed by atoms with E-state index in [2.05, 4.69) is 5.32 Å². The van der Waals surface area contributed by atoms with Crippen molar-refractivity contribution in [3.63, 3.8) is 0 Å². The molecule has 98 valence electrons. The molecule has 1 aromatic rings. The Morgan fingerprint density at radius 1 is 1.28 bits per heavy atom. The molecule has 2 rings (SSSR count). The van der Waals surface area contributed by atoms with Gasteiger partial charge in [0.1, 0.15) is 22.3 Å². The molecule has 1 saturated carbocycles. The first-order valence-corrected chi connectivity index (χ1v) is 6.51. The number of nitrogens with two attached hydrogens (primary N) is 1. The van der Waals surface area contributed by atoms with Crippen LogP contribution in [0.25, 0.3) is 0 Å². The molecule has 1 aliphatic rings. The van der Waals surface area contributed by atoms with Crippen molar-refractivity contribution in [2.45, 2.75) is 25.7 Å². The monoisotopic (exact) mass is 270 g/mol. The first kappa shape index (κ1) is 13.2. The zero-order valence-corrected chi connectivity index (χ0v) is 10.8. The first-order valence-electron chi connectivity index (χ1n) is 6.10. The van der Waals surface area contributed by atoms with Crippen LogP contribution < -0.4 is 11.1 Å². The van der Waals surface area contributed by atoms with Crippen molar-refractivity contribution < 1.29 is 8.78 Å². The summed E-state index contributed by atoms with van der Waals surface area (Å²) in [5.74, 6) is -0.773.